The van der Waals surface area contributed by atoms with Crippen LogP contribution in [0.25, 0.3) is 0 Å². The van der Waals surface area contributed by atoms with Gasteiger partial charge >= 0.3 is 0 Å². The van der Waals surface area contributed by atoms with Gasteiger partial charge in [0.05, 0.1) is 0 Å². The lowest BCUT2D eigenvalue weighted by molar-refractivity contribution is 1.01. The van der Waals surface area contributed by atoms with Crippen LogP contribution in [0.4, 0.5) is 11.4 Å². The van der Waals surface area contributed by atoms with Crippen LogP contribution in [-0.4, -0.2) is 12.5 Å². The molecule has 2 aromatic rings. The molecular formula is C15H15N3. The van der Waals surface area contributed by atoms with Gasteiger partial charge in [-0.1, -0.05) is 36.4 Å². The molecule has 1 heterocycles. The first-order chi connectivity index (χ1) is 8.84. The lowest BCUT2D eigenvalue weighted by Crippen LogP contribution is -2.34. The van der Waals surface area contributed by atoms with Crippen LogP contribution in [0.1, 0.15) is 5.56 Å². The van der Waals surface area contributed by atoms with E-state index >= 15 is 0 Å². The number of nitrogens with zero attached hydrogens (tertiary/aromatic N) is 1. The number of hydrogen-bond acceptors (Lipinski definition) is 1. The van der Waals surface area contributed by atoms with Crippen molar-refractivity contribution in [2.45, 2.75) is 6.42 Å². The maximum absolute atomic E-state index is 8.17. The summed E-state index contributed by atoms with van der Waals surface area (Å²) in [6, 6.07) is 18.1. The Morgan fingerprint density at radius 1 is 1.00 bits per heavy atom. The molecule has 1 aliphatic heterocycles. The van der Waals surface area contributed by atoms with Crippen molar-refractivity contribution in [3.8, 4) is 0 Å². The van der Waals surface area contributed by atoms with Gasteiger partial charge in [0.15, 0.2) is 5.96 Å². The molecule has 0 bridgehead atoms. The highest BCUT2D eigenvalue weighted by molar-refractivity contribution is 6.04. The van der Waals surface area contributed by atoms with Crippen LogP contribution < -0.4 is 10.2 Å². The zero-order valence-electron chi connectivity index (χ0n) is 10.1. The van der Waals surface area contributed by atoms with E-state index in [0.717, 1.165) is 24.3 Å². The molecule has 0 radical (unpaired) electrons. The monoisotopic (exact) mass is 237 g/mol. The first-order valence-corrected chi connectivity index (χ1v) is 6.11. The van der Waals surface area contributed by atoms with Crippen molar-refractivity contribution in [2.24, 2.45) is 0 Å². The number of hydrogen-bond donors (Lipinski definition) is 2. The minimum atomic E-state index is 0.436. The minimum Gasteiger partial charge on any atom is -0.326 e. The van der Waals surface area contributed by atoms with Gasteiger partial charge in [-0.3, -0.25) is 5.41 Å². The molecule has 3 nitrogen and oxygen atoms in total. The zero-order valence-corrected chi connectivity index (χ0v) is 10.1. The first-order valence-electron chi connectivity index (χ1n) is 6.11. The van der Waals surface area contributed by atoms with Crippen molar-refractivity contribution >= 4 is 17.3 Å². The average Bonchev–Trinajstić information content (AvgIpc) is 2.84. The molecule has 3 heteroatoms. The summed E-state index contributed by atoms with van der Waals surface area (Å²) in [4.78, 5) is 2.02. The van der Waals surface area contributed by atoms with E-state index in [0.29, 0.717) is 5.96 Å². The molecule has 0 aromatic heterocycles. The lowest BCUT2D eigenvalue weighted by atomic mass is 10.2. The third-order valence-electron chi connectivity index (χ3n) is 3.19. The van der Waals surface area contributed by atoms with Crippen molar-refractivity contribution in [1.29, 1.82) is 5.41 Å². The van der Waals surface area contributed by atoms with Crippen LogP contribution in [0.2, 0.25) is 0 Å². The van der Waals surface area contributed by atoms with E-state index in [1.54, 1.807) is 0 Å². The topological polar surface area (TPSA) is 39.1 Å². The van der Waals surface area contributed by atoms with Crippen LogP contribution in [0.3, 0.4) is 0 Å². The van der Waals surface area contributed by atoms with Crippen LogP contribution in [0, 0.1) is 5.41 Å². The van der Waals surface area contributed by atoms with E-state index in [-0.39, 0.29) is 0 Å². The Morgan fingerprint density at radius 3 is 2.56 bits per heavy atom. The van der Waals surface area contributed by atoms with Crippen LogP contribution in [-0.2, 0) is 6.42 Å². The normalized spacial score (nSPS) is 13.2. The van der Waals surface area contributed by atoms with E-state index < -0.39 is 0 Å². The molecular weight excluding hydrogens is 222 g/mol. The highest BCUT2D eigenvalue weighted by Gasteiger charge is 2.21. The number of anilines is 2. The van der Waals surface area contributed by atoms with Gasteiger partial charge in [0.2, 0.25) is 0 Å². The summed E-state index contributed by atoms with van der Waals surface area (Å²) in [6.07, 6.45) is 1.01. The second-order valence-corrected chi connectivity index (χ2v) is 4.37. The number of fused-ring (bicyclic) bond motifs is 1. The van der Waals surface area contributed by atoms with Crippen molar-refractivity contribution in [1.82, 2.24) is 0 Å². The molecule has 0 fully saturated rings. The molecule has 0 unspecified atom stereocenters. The van der Waals surface area contributed by atoms with E-state index in [2.05, 4.69) is 23.5 Å². The smallest absolute Gasteiger partial charge is 0.200 e. The summed E-state index contributed by atoms with van der Waals surface area (Å²) >= 11 is 0. The number of rotatable bonds is 1. The predicted octanol–water partition coefficient (Wildman–Crippen LogP) is 3.10. The zero-order chi connectivity index (χ0) is 12.4. The number of benzene rings is 2. The third kappa shape index (κ3) is 1.95. The van der Waals surface area contributed by atoms with Gasteiger partial charge in [0, 0.05) is 17.9 Å². The maximum atomic E-state index is 8.17. The maximum Gasteiger partial charge on any atom is 0.200 e. The summed E-state index contributed by atoms with van der Waals surface area (Å²) in [5.74, 6) is 0.436. The highest BCUT2D eigenvalue weighted by atomic mass is 15.3. The average molecular weight is 237 g/mol. The second kappa shape index (κ2) is 4.53. The SMILES string of the molecule is N=C(Nc1ccccc1)N1CCc2ccccc21. The minimum absolute atomic E-state index is 0.436. The quantitative estimate of drug-likeness (QED) is 0.591. The Balaban J connectivity index is 1.79. The Hall–Kier alpha value is -2.29. The first kappa shape index (κ1) is 10.8. The third-order valence-corrected chi connectivity index (χ3v) is 3.19. The summed E-state index contributed by atoms with van der Waals surface area (Å²) in [7, 11) is 0. The van der Waals surface area contributed by atoms with Gasteiger partial charge in [-0.05, 0) is 30.2 Å². The van der Waals surface area contributed by atoms with E-state index in [1.165, 1.54) is 5.56 Å². The molecule has 0 amide bonds. The van der Waals surface area contributed by atoms with Crippen molar-refractivity contribution in [3.05, 3.63) is 60.2 Å². The van der Waals surface area contributed by atoms with Crippen molar-refractivity contribution in [2.75, 3.05) is 16.8 Å². The summed E-state index contributed by atoms with van der Waals surface area (Å²) < 4.78 is 0. The van der Waals surface area contributed by atoms with Crippen LogP contribution in [0.5, 0.6) is 0 Å². The van der Waals surface area contributed by atoms with Crippen molar-refractivity contribution < 1.29 is 0 Å². The van der Waals surface area contributed by atoms with Crippen LogP contribution >= 0.6 is 0 Å². The number of nitrogens with one attached hydrogen (secondary N) is 2. The van der Waals surface area contributed by atoms with Crippen molar-refractivity contribution in [3.63, 3.8) is 0 Å². The Kier molecular flexibility index (Phi) is 2.73. The molecule has 0 spiro atoms. The molecule has 18 heavy (non-hydrogen) atoms. The highest BCUT2D eigenvalue weighted by Crippen LogP contribution is 2.27. The number of guanidine groups is 1. The second-order valence-electron chi connectivity index (χ2n) is 4.37. The predicted molar refractivity (Wildman–Crippen MR) is 75.3 cm³/mol. The molecule has 0 saturated heterocycles. The van der Waals surface area contributed by atoms with Gasteiger partial charge in [-0.2, -0.15) is 0 Å². The molecule has 0 saturated carbocycles. The molecule has 2 aromatic carbocycles. The Morgan fingerprint density at radius 2 is 1.72 bits per heavy atom. The molecule has 1 aliphatic rings. The molecule has 3 rings (SSSR count). The van der Waals surface area contributed by atoms with Gasteiger partial charge in [0.1, 0.15) is 0 Å². The standard InChI is InChI=1S/C15H15N3/c16-15(17-13-7-2-1-3-8-13)18-11-10-12-6-4-5-9-14(12)18/h1-9H,10-11H2,(H2,16,17). The Labute approximate surface area is 107 Å². The Bertz CT molecular complexity index is 563. The molecule has 2 N–H and O–H groups in total. The number of para-hydroxylation sites is 2. The summed E-state index contributed by atoms with van der Waals surface area (Å²) in [5, 5.41) is 11.3. The fourth-order valence-electron chi connectivity index (χ4n) is 2.30. The molecule has 0 atom stereocenters. The van der Waals surface area contributed by atoms with E-state index in [4.69, 9.17) is 5.41 Å². The lowest BCUT2D eigenvalue weighted by Gasteiger charge is -2.21. The molecule has 90 valence electrons. The van der Waals surface area contributed by atoms with E-state index in [9.17, 15) is 0 Å². The molecule has 0 aliphatic carbocycles. The van der Waals surface area contributed by atoms with Crippen LogP contribution in [0.15, 0.2) is 54.6 Å². The summed E-state index contributed by atoms with van der Waals surface area (Å²) in [5.41, 5.74) is 3.41. The van der Waals surface area contributed by atoms with Gasteiger partial charge in [-0.25, -0.2) is 0 Å². The fraction of sp³-hybridized carbons (Fsp3) is 0.133. The summed E-state index contributed by atoms with van der Waals surface area (Å²) in [6.45, 7) is 0.873. The van der Waals surface area contributed by atoms with Gasteiger partial charge in [0.25, 0.3) is 0 Å². The van der Waals surface area contributed by atoms with E-state index in [1.807, 2.05) is 41.3 Å². The largest absolute Gasteiger partial charge is 0.326 e. The van der Waals surface area contributed by atoms with Gasteiger partial charge in [-0.15, -0.1) is 0 Å². The van der Waals surface area contributed by atoms with Gasteiger partial charge < -0.3 is 10.2 Å². The fourth-order valence-corrected chi connectivity index (χ4v) is 2.30.